The summed E-state index contributed by atoms with van der Waals surface area (Å²) < 4.78 is 13.4. The summed E-state index contributed by atoms with van der Waals surface area (Å²) >= 11 is 0. The van der Waals surface area contributed by atoms with E-state index in [0.717, 1.165) is 5.56 Å². The molecular weight excluding hydrogens is 401 g/mol. The first-order valence-electron chi connectivity index (χ1n) is 9.29. The molecule has 0 saturated carbocycles. The second kappa shape index (κ2) is 8.54. The maximum absolute atomic E-state index is 13.4. The van der Waals surface area contributed by atoms with Gasteiger partial charge < -0.3 is 5.32 Å². The molecule has 154 valence electrons. The molecule has 1 amide bonds. The molecule has 31 heavy (non-hydrogen) atoms. The van der Waals surface area contributed by atoms with Crippen LogP contribution in [0.5, 0.6) is 0 Å². The molecule has 0 fully saturated rings. The van der Waals surface area contributed by atoms with Crippen molar-refractivity contribution in [3.05, 3.63) is 94.6 Å². The topological polar surface area (TPSA) is 114 Å². The highest BCUT2D eigenvalue weighted by Gasteiger charge is 2.19. The highest BCUT2D eigenvalue weighted by molar-refractivity contribution is 5.98. The first-order valence-corrected chi connectivity index (χ1v) is 9.29. The average Bonchev–Trinajstić information content (AvgIpc) is 3.18. The number of nitro benzene ring substituents is 1. The van der Waals surface area contributed by atoms with Crippen LogP contribution in [0, 0.1) is 15.9 Å². The fourth-order valence-electron chi connectivity index (χ4n) is 3.15. The molecular formula is C22H16FN5O3. The van der Waals surface area contributed by atoms with Crippen molar-refractivity contribution in [2.75, 3.05) is 5.32 Å². The minimum atomic E-state index is -0.494. The second-order valence-electron chi connectivity index (χ2n) is 6.71. The van der Waals surface area contributed by atoms with E-state index in [1.165, 1.54) is 36.4 Å². The number of nitrogens with zero attached hydrogens (tertiary/aromatic N) is 3. The molecule has 0 saturated heterocycles. The van der Waals surface area contributed by atoms with Crippen LogP contribution in [-0.2, 0) is 11.2 Å². The molecule has 0 aliphatic heterocycles. The van der Waals surface area contributed by atoms with E-state index in [-0.39, 0.29) is 23.8 Å². The van der Waals surface area contributed by atoms with E-state index in [9.17, 15) is 19.3 Å². The van der Waals surface area contributed by atoms with E-state index in [4.69, 9.17) is 0 Å². The quantitative estimate of drug-likeness (QED) is 0.357. The SMILES string of the molecule is O=C(Cc1ccc([N+](=O)[O-])cc1)Nc1n[nH]c(-c2ccc(F)cc2)c1-c1ccncc1. The molecule has 2 aromatic carbocycles. The number of nitrogens with one attached hydrogen (secondary N) is 2. The number of carbonyl (C=O) groups is 1. The molecule has 0 aliphatic carbocycles. The zero-order chi connectivity index (χ0) is 21.8. The summed E-state index contributed by atoms with van der Waals surface area (Å²) in [6.45, 7) is 0. The first-order chi connectivity index (χ1) is 15.0. The van der Waals surface area contributed by atoms with Crippen LogP contribution in [0.1, 0.15) is 5.56 Å². The molecule has 0 bridgehead atoms. The lowest BCUT2D eigenvalue weighted by molar-refractivity contribution is -0.384. The molecule has 4 rings (SSSR count). The van der Waals surface area contributed by atoms with Gasteiger partial charge in [0.15, 0.2) is 5.82 Å². The van der Waals surface area contributed by atoms with Crippen molar-refractivity contribution in [3.8, 4) is 22.4 Å². The third-order valence-electron chi connectivity index (χ3n) is 4.64. The molecule has 2 aromatic heterocycles. The number of benzene rings is 2. The number of carbonyl (C=O) groups excluding carboxylic acids is 1. The van der Waals surface area contributed by atoms with Gasteiger partial charge in [0.05, 0.1) is 22.6 Å². The lowest BCUT2D eigenvalue weighted by atomic mass is 10.0. The Hall–Kier alpha value is -4.40. The number of nitro groups is 1. The molecule has 0 aliphatic rings. The normalized spacial score (nSPS) is 10.6. The Morgan fingerprint density at radius 3 is 2.32 bits per heavy atom. The van der Waals surface area contributed by atoms with Gasteiger partial charge in [0, 0.05) is 30.1 Å². The third kappa shape index (κ3) is 4.45. The van der Waals surface area contributed by atoms with Crippen LogP contribution in [-0.4, -0.2) is 26.0 Å². The summed E-state index contributed by atoms with van der Waals surface area (Å²) in [5.74, 6) is -0.371. The minimum Gasteiger partial charge on any atom is -0.308 e. The van der Waals surface area contributed by atoms with Crippen molar-refractivity contribution in [2.24, 2.45) is 0 Å². The Morgan fingerprint density at radius 1 is 1.00 bits per heavy atom. The zero-order valence-corrected chi connectivity index (χ0v) is 16.1. The van der Waals surface area contributed by atoms with E-state index in [2.05, 4.69) is 20.5 Å². The van der Waals surface area contributed by atoms with Crippen LogP contribution in [0.15, 0.2) is 73.1 Å². The van der Waals surface area contributed by atoms with E-state index in [1.54, 1.807) is 36.7 Å². The van der Waals surface area contributed by atoms with Gasteiger partial charge in [0.1, 0.15) is 5.82 Å². The monoisotopic (exact) mass is 417 g/mol. The standard InChI is InChI=1S/C22H16FN5O3/c23-17-5-3-16(4-6-17)21-20(15-9-11-24-12-10-15)22(27-26-21)25-19(29)13-14-1-7-18(8-2-14)28(30)31/h1-12H,13H2,(H2,25,26,27,29). The van der Waals surface area contributed by atoms with Crippen molar-refractivity contribution >= 4 is 17.4 Å². The Labute approximate surface area is 175 Å². The number of pyridine rings is 1. The van der Waals surface area contributed by atoms with Crippen molar-refractivity contribution in [2.45, 2.75) is 6.42 Å². The number of hydrogen-bond donors (Lipinski definition) is 2. The van der Waals surface area contributed by atoms with Gasteiger partial charge in [0.25, 0.3) is 5.69 Å². The number of hydrogen-bond acceptors (Lipinski definition) is 5. The van der Waals surface area contributed by atoms with E-state index in [1.807, 2.05) is 0 Å². The van der Waals surface area contributed by atoms with E-state index < -0.39 is 4.92 Å². The van der Waals surface area contributed by atoms with Gasteiger partial charge in [-0.1, -0.05) is 12.1 Å². The number of anilines is 1. The molecule has 2 N–H and O–H groups in total. The lowest BCUT2D eigenvalue weighted by Crippen LogP contribution is -2.15. The van der Waals surface area contributed by atoms with Crippen LogP contribution in [0.25, 0.3) is 22.4 Å². The van der Waals surface area contributed by atoms with Crippen LogP contribution in [0.4, 0.5) is 15.9 Å². The van der Waals surface area contributed by atoms with Crippen LogP contribution in [0.2, 0.25) is 0 Å². The predicted octanol–water partition coefficient (Wildman–Crippen LogP) is 4.37. The smallest absolute Gasteiger partial charge is 0.269 e. The average molecular weight is 417 g/mol. The summed E-state index contributed by atoms with van der Waals surface area (Å²) in [5, 5.41) is 20.7. The number of non-ortho nitro benzene ring substituents is 1. The fourth-order valence-corrected chi connectivity index (χ4v) is 3.15. The number of rotatable bonds is 6. The minimum absolute atomic E-state index is 0.0204. The molecule has 0 atom stereocenters. The highest BCUT2D eigenvalue weighted by atomic mass is 19.1. The van der Waals surface area contributed by atoms with Crippen molar-refractivity contribution < 1.29 is 14.1 Å². The molecule has 0 unspecified atom stereocenters. The van der Waals surface area contributed by atoms with E-state index >= 15 is 0 Å². The Kier molecular flexibility index (Phi) is 5.48. The summed E-state index contributed by atoms with van der Waals surface area (Å²) in [5.41, 5.74) is 3.33. The molecule has 2 heterocycles. The maximum atomic E-state index is 13.4. The van der Waals surface area contributed by atoms with Gasteiger partial charge >= 0.3 is 0 Å². The number of aromatic nitrogens is 3. The summed E-state index contributed by atoms with van der Waals surface area (Å²) in [6.07, 6.45) is 3.27. The zero-order valence-electron chi connectivity index (χ0n) is 16.1. The van der Waals surface area contributed by atoms with Crippen molar-refractivity contribution in [1.29, 1.82) is 0 Å². The Balaban J connectivity index is 1.62. The lowest BCUT2D eigenvalue weighted by Gasteiger charge is -2.08. The van der Waals surface area contributed by atoms with Crippen LogP contribution >= 0.6 is 0 Å². The molecule has 0 radical (unpaired) electrons. The summed E-state index contributed by atoms with van der Waals surface area (Å²) in [4.78, 5) is 26.9. The first kappa shape index (κ1) is 19.9. The maximum Gasteiger partial charge on any atom is 0.269 e. The highest BCUT2D eigenvalue weighted by Crippen LogP contribution is 2.36. The number of amides is 1. The van der Waals surface area contributed by atoms with Gasteiger partial charge in [-0.15, -0.1) is 0 Å². The number of H-pyrrole nitrogens is 1. The predicted molar refractivity (Wildman–Crippen MR) is 113 cm³/mol. The van der Waals surface area contributed by atoms with Crippen molar-refractivity contribution in [1.82, 2.24) is 15.2 Å². The second-order valence-corrected chi connectivity index (χ2v) is 6.71. The largest absolute Gasteiger partial charge is 0.308 e. The fraction of sp³-hybridized carbons (Fsp3) is 0.0455. The van der Waals surface area contributed by atoms with E-state index in [0.29, 0.717) is 28.2 Å². The van der Waals surface area contributed by atoms with Gasteiger partial charge in [0.2, 0.25) is 5.91 Å². The molecule has 9 heteroatoms. The van der Waals surface area contributed by atoms with Gasteiger partial charge in [-0.3, -0.25) is 25.0 Å². The molecule has 0 spiro atoms. The number of aromatic amines is 1. The van der Waals surface area contributed by atoms with Crippen LogP contribution in [0.3, 0.4) is 0 Å². The Morgan fingerprint density at radius 2 is 1.68 bits per heavy atom. The number of halogens is 1. The molecule has 8 nitrogen and oxygen atoms in total. The van der Waals surface area contributed by atoms with Gasteiger partial charge in [-0.25, -0.2) is 4.39 Å². The van der Waals surface area contributed by atoms with Gasteiger partial charge in [-0.05, 0) is 47.5 Å². The Bertz CT molecular complexity index is 1220. The third-order valence-corrected chi connectivity index (χ3v) is 4.64. The van der Waals surface area contributed by atoms with Crippen molar-refractivity contribution in [3.63, 3.8) is 0 Å². The summed E-state index contributed by atoms with van der Waals surface area (Å²) in [6, 6.07) is 15.3. The van der Waals surface area contributed by atoms with Crippen LogP contribution < -0.4 is 5.32 Å². The summed E-state index contributed by atoms with van der Waals surface area (Å²) in [7, 11) is 0. The van der Waals surface area contributed by atoms with Gasteiger partial charge in [-0.2, -0.15) is 5.10 Å². The molecule has 4 aromatic rings.